The van der Waals surface area contributed by atoms with Gasteiger partial charge in [0.2, 0.25) is 11.9 Å². The lowest BCUT2D eigenvalue weighted by atomic mass is 10.2. The molecule has 0 fully saturated rings. The summed E-state index contributed by atoms with van der Waals surface area (Å²) in [6, 6.07) is 8.07. The summed E-state index contributed by atoms with van der Waals surface area (Å²) >= 11 is 0. The highest BCUT2D eigenvalue weighted by molar-refractivity contribution is 5.39. The maximum absolute atomic E-state index is 5.32. The molecule has 21 heavy (non-hydrogen) atoms. The van der Waals surface area contributed by atoms with Crippen LogP contribution in [0.1, 0.15) is 12.5 Å². The van der Waals surface area contributed by atoms with Gasteiger partial charge in [0.15, 0.2) is 0 Å². The van der Waals surface area contributed by atoms with Gasteiger partial charge in [-0.3, -0.25) is 0 Å². The average Bonchev–Trinajstić information content (AvgIpc) is 2.53. The van der Waals surface area contributed by atoms with E-state index in [1.54, 1.807) is 14.2 Å². The van der Waals surface area contributed by atoms with Crippen LogP contribution in [0.2, 0.25) is 0 Å². The maximum atomic E-state index is 5.32. The van der Waals surface area contributed by atoms with Crippen LogP contribution in [0, 0.1) is 0 Å². The van der Waals surface area contributed by atoms with Crippen LogP contribution in [0.25, 0.3) is 0 Å². The smallest absolute Gasteiger partial charge is 0.323 e. The minimum absolute atomic E-state index is 0.291. The number of hydrogen-bond donors (Lipinski definition) is 2. The largest absolute Gasteiger partial charge is 0.496 e. The molecule has 2 rings (SSSR count). The van der Waals surface area contributed by atoms with Crippen molar-refractivity contribution in [3.63, 3.8) is 0 Å². The summed E-state index contributed by atoms with van der Waals surface area (Å²) in [5, 5.41) is 6.03. The molecule has 112 valence electrons. The molecule has 0 radical (unpaired) electrons. The van der Waals surface area contributed by atoms with Crippen molar-refractivity contribution < 1.29 is 9.47 Å². The summed E-state index contributed by atoms with van der Waals surface area (Å²) in [6.07, 6.45) is 0. The van der Waals surface area contributed by atoms with Gasteiger partial charge in [-0.1, -0.05) is 18.2 Å². The fourth-order valence-corrected chi connectivity index (χ4v) is 1.76. The Bertz CT molecular complexity index is 591. The van der Waals surface area contributed by atoms with E-state index in [0.29, 0.717) is 31.1 Å². The SMILES string of the molecule is CCOc1nc(NC)nc(NCc2ccccc2OC)n1. The van der Waals surface area contributed by atoms with Crippen molar-refractivity contribution >= 4 is 11.9 Å². The number of anilines is 2. The third-order valence-corrected chi connectivity index (χ3v) is 2.74. The monoisotopic (exact) mass is 289 g/mol. The molecule has 0 amide bonds. The number of nitrogens with zero attached hydrogens (tertiary/aromatic N) is 3. The Morgan fingerprint density at radius 3 is 2.57 bits per heavy atom. The van der Waals surface area contributed by atoms with Crippen LogP contribution in [0.5, 0.6) is 11.8 Å². The molecule has 2 aromatic rings. The second kappa shape index (κ2) is 7.28. The minimum Gasteiger partial charge on any atom is -0.496 e. The fourth-order valence-electron chi connectivity index (χ4n) is 1.76. The van der Waals surface area contributed by atoms with Gasteiger partial charge in [-0.2, -0.15) is 15.0 Å². The molecule has 0 spiro atoms. The van der Waals surface area contributed by atoms with Crippen molar-refractivity contribution in [1.82, 2.24) is 15.0 Å². The van der Waals surface area contributed by atoms with Gasteiger partial charge in [0.05, 0.1) is 13.7 Å². The van der Waals surface area contributed by atoms with Crippen LogP contribution >= 0.6 is 0 Å². The van der Waals surface area contributed by atoms with E-state index in [9.17, 15) is 0 Å². The Morgan fingerprint density at radius 2 is 1.86 bits per heavy atom. The lowest BCUT2D eigenvalue weighted by Crippen LogP contribution is -2.09. The molecule has 0 saturated carbocycles. The Kier molecular flexibility index (Phi) is 5.14. The van der Waals surface area contributed by atoms with Gasteiger partial charge in [-0.15, -0.1) is 0 Å². The highest BCUT2D eigenvalue weighted by Crippen LogP contribution is 2.18. The summed E-state index contributed by atoms with van der Waals surface area (Å²) in [6.45, 7) is 2.92. The molecule has 1 heterocycles. The van der Waals surface area contributed by atoms with E-state index >= 15 is 0 Å². The van der Waals surface area contributed by atoms with Gasteiger partial charge in [-0.05, 0) is 13.0 Å². The Morgan fingerprint density at radius 1 is 1.10 bits per heavy atom. The molecule has 7 heteroatoms. The number of aromatic nitrogens is 3. The lowest BCUT2D eigenvalue weighted by molar-refractivity contribution is 0.312. The molecular weight excluding hydrogens is 270 g/mol. The quantitative estimate of drug-likeness (QED) is 0.806. The first-order valence-corrected chi connectivity index (χ1v) is 6.69. The van der Waals surface area contributed by atoms with E-state index in [4.69, 9.17) is 9.47 Å². The molecule has 0 aliphatic heterocycles. The van der Waals surface area contributed by atoms with Crippen molar-refractivity contribution in [3.05, 3.63) is 29.8 Å². The van der Waals surface area contributed by atoms with E-state index in [-0.39, 0.29) is 0 Å². The number of ether oxygens (including phenoxy) is 2. The zero-order valence-corrected chi connectivity index (χ0v) is 12.4. The molecule has 0 atom stereocenters. The average molecular weight is 289 g/mol. The predicted molar refractivity (Wildman–Crippen MR) is 80.9 cm³/mol. The second-order valence-electron chi connectivity index (χ2n) is 4.11. The van der Waals surface area contributed by atoms with Gasteiger partial charge >= 0.3 is 6.01 Å². The third kappa shape index (κ3) is 3.95. The normalized spacial score (nSPS) is 10.0. The summed E-state index contributed by atoms with van der Waals surface area (Å²) in [4.78, 5) is 12.6. The van der Waals surface area contributed by atoms with Gasteiger partial charge in [0, 0.05) is 19.2 Å². The van der Waals surface area contributed by atoms with Gasteiger partial charge in [0.25, 0.3) is 0 Å². The van der Waals surface area contributed by atoms with E-state index < -0.39 is 0 Å². The highest BCUT2D eigenvalue weighted by Gasteiger charge is 2.07. The molecule has 0 unspecified atom stereocenters. The van der Waals surface area contributed by atoms with Crippen LogP contribution in [0.15, 0.2) is 24.3 Å². The number of methoxy groups -OCH3 is 1. The number of benzene rings is 1. The molecule has 1 aromatic carbocycles. The first kappa shape index (κ1) is 14.8. The van der Waals surface area contributed by atoms with Crippen molar-refractivity contribution in [3.8, 4) is 11.8 Å². The molecule has 7 nitrogen and oxygen atoms in total. The number of nitrogens with one attached hydrogen (secondary N) is 2. The molecule has 0 aliphatic rings. The molecule has 2 N–H and O–H groups in total. The summed E-state index contributed by atoms with van der Waals surface area (Å²) < 4.78 is 10.6. The van der Waals surface area contributed by atoms with Gasteiger partial charge < -0.3 is 20.1 Å². The fraction of sp³-hybridized carbons (Fsp3) is 0.357. The highest BCUT2D eigenvalue weighted by atomic mass is 16.5. The predicted octanol–water partition coefficient (Wildman–Crippen LogP) is 1.93. The molecule has 1 aromatic heterocycles. The van der Waals surface area contributed by atoms with E-state index in [0.717, 1.165) is 11.3 Å². The van der Waals surface area contributed by atoms with E-state index in [1.165, 1.54) is 0 Å². The summed E-state index contributed by atoms with van der Waals surface area (Å²) in [5.74, 6) is 1.72. The molecule has 0 aliphatic carbocycles. The van der Waals surface area contributed by atoms with Crippen molar-refractivity contribution in [2.75, 3.05) is 31.4 Å². The number of hydrogen-bond acceptors (Lipinski definition) is 7. The summed E-state index contributed by atoms with van der Waals surface area (Å²) in [7, 11) is 3.39. The molecule has 0 bridgehead atoms. The Hall–Kier alpha value is -2.57. The number of para-hydroxylation sites is 1. The van der Waals surface area contributed by atoms with E-state index in [1.807, 2.05) is 31.2 Å². The molecular formula is C14H19N5O2. The third-order valence-electron chi connectivity index (χ3n) is 2.74. The van der Waals surface area contributed by atoms with Crippen molar-refractivity contribution in [2.24, 2.45) is 0 Å². The van der Waals surface area contributed by atoms with Crippen molar-refractivity contribution in [1.29, 1.82) is 0 Å². The minimum atomic E-state index is 0.291. The van der Waals surface area contributed by atoms with Crippen LogP contribution in [-0.4, -0.2) is 35.7 Å². The topological polar surface area (TPSA) is 81.2 Å². The first-order valence-electron chi connectivity index (χ1n) is 6.69. The van der Waals surface area contributed by atoms with Crippen LogP contribution in [-0.2, 0) is 6.54 Å². The maximum Gasteiger partial charge on any atom is 0.323 e. The first-order chi connectivity index (χ1) is 10.3. The summed E-state index contributed by atoms with van der Waals surface area (Å²) in [5.41, 5.74) is 1.02. The molecule has 0 saturated heterocycles. The van der Waals surface area contributed by atoms with Crippen molar-refractivity contribution in [2.45, 2.75) is 13.5 Å². The van der Waals surface area contributed by atoms with Gasteiger partial charge in [-0.25, -0.2) is 0 Å². The standard InChI is InChI=1S/C14H19N5O2/c1-4-21-14-18-12(15-2)17-13(19-14)16-9-10-7-5-6-8-11(10)20-3/h5-8H,4,9H2,1-3H3,(H2,15,16,17,18,19). The second-order valence-corrected chi connectivity index (χ2v) is 4.11. The Labute approximate surface area is 123 Å². The van der Waals surface area contributed by atoms with Crippen LogP contribution < -0.4 is 20.1 Å². The zero-order valence-electron chi connectivity index (χ0n) is 12.4. The Balaban J connectivity index is 2.13. The van der Waals surface area contributed by atoms with Crippen LogP contribution in [0.4, 0.5) is 11.9 Å². The lowest BCUT2D eigenvalue weighted by Gasteiger charge is -2.10. The van der Waals surface area contributed by atoms with Crippen LogP contribution in [0.3, 0.4) is 0 Å². The number of rotatable bonds is 7. The zero-order chi connectivity index (χ0) is 15.1. The van der Waals surface area contributed by atoms with E-state index in [2.05, 4.69) is 25.6 Å². The van der Waals surface area contributed by atoms with Gasteiger partial charge in [0.1, 0.15) is 5.75 Å².